The van der Waals surface area contributed by atoms with Crippen LogP contribution in [0.1, 0.15) is 23.5 Å². The summed E-state index contributed by atoms with van der Waals surface area (Å²) in [4.78, 5) is 38.6. The van der Waals surface area contributed by atoms with Crippen molar-refractivity contribution in [3.63, 3.8) is 0 Å². The Labute approximate surface area is 320 Å². The van der Waals surface area contributed by atoms with Crippen LogP contribution in [0, 0.1) is 0 Å². The number of carboxylic acid groups (broad SMARTS) is 1. The maximum Gasteiger partial charge on any atom is 0.364 e. The van der Waals surface area contributed by atoms with Crippen molar-refractivity contribution >= 4 is 17.8 Å². The molecule has 11 atom stereocenters. The highest BCUT2D eigenvalue weighted by Crippen LogP contribution is 2.35. The van der Waals surface area contributed by atoms with Crippen LogP contribution in [0.15, 0.2) is 84.9 Å². The number of aliphatic hydroxyl groups excluding tert-OH is 7. The molecule has 0 bridgehead atoms. The van der Waals surface area contributed by atoms with Crippen LogP contribution in [-0.4, -0.2) is 152 Å². The van der Waals surface area contributed by atoms with Crippen LogP contribution < -0.4 is 20.1 Å². The van der Waals surface area contributed by atoms with Crippen molar-refractivity contribution in [2.75, 3.05) is 26.9 Å². The third-order valence-electron chi connectivity index (χ3n) is 9.58. The molecule has 5 rings (SSSR count). The second-order valence-electron chi connectivity index (χ2n) is 13.3. The number of carbonyl (C=O) groups excluding carboxylic acids is 2. The van der Waals surface area contributed by atoms with Gasteiger partial charge in [0.2, 0.25) is 18.1 Å². The van der Waals surface area contributed by atoms with Gasteiger partial charge in [0.05, 0.1) is 37.9 Å². The fourth-order valence-electron chi connectivity index (χ4n) is 6.54. The number of carbonyl (C=O) groups is 3. The van der Waals surface area contributed by atoms with Gasteiger partial charge in [-0.05, 0) is 35.4 Å². The number of methoxy groups -OCH3 is 1. The molecule has 18 heteroatoms. The first-order valence-electron chi connectivity index (χ1n) is 17.7. The summed E-state index contributed by atoms with van der Waals surface area (Å²) in [5, 5.41) is 90.2. The molecule has 10 N–H and O–H groups in total. The Morgan fingerprint density at radius 3 is 2.00 bits per heavy atom. The minimum absolute atomic E-state index is 0.178. The zero-order valence-corrected chi connectivity index (χ0v) is 30.1. The van der Waals surface area contributed by atoms with E-state index in [2.05, 4.69) is 10.6 Å². The number of aliphatic carboxylic acids is 1. The molecule has 0 unspecified atom stereocenters. The van der Waals surface area contributed by atoms with Crippen LogP contribution in [0.25, 0.3) is 0 Å². The Kier molecular flexibility index (Phi) is 14.3. The third kappa shape index (κ3) is 9.79. The first-order chi connectivity index (χ1) is 26.8. The van der Waals surface area contributed by atoms with Gasteiger partial charge in [-0.2, -0.15) is 0 Å². The van der Waals surface area contributed by atoms with E-state index in [0.29, 0.717) is 16.9 Å². The average Bonchev–Trinajstić information content (AvgIpc) is 3.21. The summed E-state index contributed by atoms with van der Waals surface area (Å²) >= 11 is 0. The molecule has 18 nitrogen and oxygen atoms in total. The number of rotatable bonds is 16. The first kappa shape index (κ1) is 42.4. The van der Waals surface area contributed by atoms with E-state index in [0.717, 1.165) is 0 Å². The monoisotopic (exact) mass is 786 g/mol. The maximum atomic E-state index is 13.6. The molecule has 2 fully saturated rings. The molecule has 3 aromatic rings. The molecular formula is C38H46N2O16. The zero-order valence-electron chi connectivity index (χ0n) is 30.1. The molecule has 2 aliphatic heterocycles. The summed E-state index contributed by atoms with van der Waals surface area (Å²) in [5.41, 5.74) is 1.26. The Hall–Kier alpha value is -4.73. The molecule has 0 aromatic heterocycles. The number of hydrogen-bond donors (Lipinski definition) is 10. The molecular weight excluding hydrogens is 740 g/mol. The molecule has 0 spiro atoms. The van der Waals surface area contributed by atoms with Crippen molar-refractivity contribution in [2.24, 2.45) is 0 Å². The second kappa shape index (κ2) is 18.9. The summed E-state index contributed by atoms with van der Waals surface area (Å²) in [6.07, 6.45) is -17.3. The molecule has 56 heavy (non-hydrogen) atoms. The highest BCUT2D eigenvalue weighted by atomic mass is 16.7. The lowest BCUT2D eigenvalue weighted by molar-refractivity contribution is -0.331. The van der Waals surface area contributed by atoms with E-state index >= 15 is 0 Å². The zero-order chi connectivity index (χ0) is 40.6. The number of aliphatic hydroxyl groups is 7. The van der Waals surface area contributed by atoms with Crippen molar-refractivity contribution < 1.29 is 78.9 Å². The predicted octanol–water partition coefficient (Wildman–Crippen LogP) is -2.02. The average molecular weight is 787 g/mol. The lowest BCUT2D eigenvalue weighted by Gasteiger charge is -2.47. The van der Waals surface area contributed by atoms with Gasteiger partial charge < -0.3 is 75.2 Å². The molecule has 2 heterocycles. The normalized spacial score (nSPS) is 28.8. The Morgan fingerprint density at radius 2 is 1.45 bits per heavy atom. The summed E-state index contributed by atoms with van der Waals surface area (Å²) in [5.74, 6) is -6.42. The van der Waals surface area contributed by atoms with Gasteiger partial charge in [-0.3, -0.25) is 9.59 Å². The first-order valence-corrected chi connectivity index (χ1v) is 17.7. The largest absolute Gasteiger partial charge is 0.497 e. The topological polar surface area (TPSA) is 283 Å². The highest BCUT2D eigenvalue weighted by molar-refractivity contribution is 5.87. The Morgan fingerprint density at radius 1 is 0.857 bits per heavy atom. The number of benzene rings is 3. The van der Waals surface area contributed by atoms with Crippen molar-refractivity contribution in [1.82, 2.24) is 10.6 Å². The van der Waals surface area contributed by atoms with Crippen LogP contribution >= 0.6 is 0 Å². The van der Waals surface area contributed by atoms with Gasteiger partial charge in [0, 0.05) is 13.0 Å². The van der Waals surface area contributed by atoms with Gasteiger partial charge in [0.25, 0.3) is 5.79 Å². The molecule has 2 saturated heterocycles. The van der Waals surface area contributed by atoms with Gasteiger partial charge >= 0.3 is 5.97 Å². The van der Waals surface area contributed by atoms with E-state index in [1.807, 2.05) is 0 Å². The fraction of sp³-hybridized carbons (Fsp3) is 0.447. The standard InChI is InChI=1S/C38H46N2O16/c1-52-22-12-14-23(15-13-22)54-36-33(48)32(47)31(46)26(55-36)19-53-38(37(50)51)16-24(42)29(40-27(44)18-41)34(56-38)30(45)25(43)17-39-35(49)28(20-8-4-2-5-9-20)21-10-6-3-7-11-21/h2-15,24-26,28-34,36,41-43,45-48H,16-19H2,1H3,(H,39,49)(H,40,44)(H,50,51)/t24-,25+,26+,29+,30+,31-,32-,33+,34+,36+,38+/m0/s1. The maximum absolute atomic E-state index is 13.6. The van der Waals surface area contributed by atoms with Crippen molar-refractivity contribution in [3.05, 3.63) is 96.1 Å². The summed E-state index contributed by atoms with van der Waals surface area (Å²) in [7, 11) is 1.45. The van der Waals surface area contributed by atoms with E-state index in [4.69, 9.17) is 23.7 Å². The van der Waals surface area contributed by atoms with Crippen LogP contribution in [0.5, 0.6) is 11.5 Å². The molecule has 0 radical (unpaired) electrons. The minimum atomic E-state index is -2.84. The molecule has 0 saturated carbocycles. The van der Waals surface area contributed by atoms with Crippen molar-refractivity contribution in [1.29, 1.82) is 0 Å². The second-order valence-corrected chi connectivity index (χ2v) is 13.3. The third-order valence-corrected chi connectivity index (χ3v) is 9.58. The number of ether oxygens (including phenoxy) is 5. The summed E-state index contributed by atoms with van der Waals surface area (Å²) in [6.45, 7) is -2.52. The van der Waals surface area contributed by atoms with Crippen molar-refractivity contribution in [3.8, 4) is 11.5 Å². The fourth-order valence-corrected chi connectivity index (χ4v) is 6.54. The molecule has 2 amide bonds. The number of nitrogens with one attached hydrogen (secondary N) is 2. The molecule has 304 valence electrons. The Balaban J connectivity index is 1.33. The minimum Gasteiger partial charge on any atom is -0.497 e. The summed E-state index contributed by atoms with van der Waals surface area (Å²) < 4.78 is 27.8. The number of carboxylic acids is 1. The SMILES string of the molecule is COc1ccc(O[C@@H]2O[C@H](CO[C@]3(C(=O)O)C[C@H](O)[C@@H](NC(=O)CO)[C@H]([C@H](O)[C@H](O)CNC(=O)C(c4ccccc4)c4ccccc4)O3)[C@H](O)[C@H](O)[C@H]2O)cc1. The van der Waals surface area contributed by atoms with Gasteiger partial charge in [-0.15, -0.1) is 0 Å². The molecule has 3 aromatic carbocycles. The Bertz CT molecular complexity index is 1700. The van der Waals surface area contributed by atoms with Crippen LogP contribution in [-0.2, 0) is 28.6 Å². The van der Waals surface area contributed by atoms with E-state index in [9.17, 15) is 55.2 Å². The van der Waals surface area contributed by atoms with Gasteiger partial charge in [0.1, 0.15) is 54.7 Å². The van der Waals surface area contributed by atoms with Gasteiger partial charge in [-0.1, -0.05) is 60.7 Å². The smallest absolute Gasteiger partial charge is 0.364 e. The van der Waals surface area contributed by atoms with Crippen LogP contribution in [0.4, 0.5) is 0 Å². The molecule has 0 aliphatic carbocycles. The number of amides is 2. The quantitative estimate of drug-likeness (QED) is 0.0750. The van der Waals surface area contributed by atoms with E-state index in [1.165, 1.54) is 19.2 Å². The van der Waals surface area contributed by atoms with Crippen LogP contribution in [0.3, 0.4) is 0 Å². The van der Waals surface area contributed by atoms with E-state index in [1.54, 1.807) is 72.8 Å². The van der Waals surface area contributed by atoms with Crippen LogP contribution in [0.2, 0.25) is 0 Å². The summed E-state index contributed by atoms with van der Waals surface area (Å²) in [6, 6.07) is 22.0. The van der Waals surface area contributed by atoms with Gasteiger partial charge in [-0.25, -0.2) is 4.79 Å². The molecule has 2 aliphatic rings. The lowest BCUT2D eigenvalue weighted by Crippen LogP contribution is -2.69. The predicted molar refractivity (Wildman–Crippen MR) is 191 cm³/mol. The van der Waals surface area contributed by atoms with Gasteiger partial charge in [0.15, 0.2) is 0 Å². The van der Waals surface area contributed by atoms with Crippen molar-refractivity contribution in [2.45, 2.75) is 79.3 Å². The lowest BCUT2D eigenvalue weighted by atomic mass is 9.88. The highest BCUT2D eigenvalue weighted by Gasteiger charge is 2.57. The van der Waals surface area contributed by atoms with E-state index in [-0.39, 0.29) is 5.75 Å². The number of hydrogen-bond acceptors (Lipinski definition) is 15. The van der Waals surface area contributed by atoms with E-state index < -0.39 is 117 Å².